The molecule has 1 aliphatic heterocycles. The Balaban J connectivity index is 1.84. The number of rotatable bonds is 4. The number of nitrogens with one attached hydrogen (secondary N) is 1. The number of benzene rings is 1. The summed E-state index contributed by atoms with van der Waals surface area (Å²) in [6, 6.07) is -0.950. The van der Waals surface area contributed by atoms with Crippen molar-refractivity contribution in [3.05, 3.63) is 33.4 Å². The van der Waals surface area contributed by atoms with Gasteiger partial charge in [-0.1, -0.05) is 6.92 Å². The number of fused-ring (bicyclic) bond motifs is 1. The summed E-state index contributed by atoms with van der Waals surface area (Å²) >= 11 is 0. The lowest BCUT2D eigenvalue weighted by atomic mass is 10.0. The normalized spacial score (nSPS) is 21.0. The summed E-state index contributed by atoms with van der Waals surface area (Å²) < 4.78 is 55.2. The van der Waals surface area contributed by atoms with Crippen molar-refractivity contribution >= 4 is 34.2 Å². The molecule has 1 saturated carbocycles. The number of aromatic nitrogens is 1. The Kier molecular flexibility index (Phi) is 5.29. The molecular formula is C21H22F4N4O4. The van der Waals surface area contributed by atoms with Gasteiger partial charge in [-0.2, -0.15) is 13.2 Å². The number of carbonyl (C=O) groups is 2. The molecule has 2 aromatic rings. The van der Waals surface area contributed by atoms with Crippen LogP contribution in [0.3, 0.4) is 0 Å². The van der Waals surface area contributed by atoms with Crippen molar-refractivity contribution in [1.82, 2.24) is 9.88 Å². The first-order chi connectivity index (χ1) is 15.3. The van der Waals surface area contributed by atoms with E-state index < -0.39 is 52.5 Å². The van der Waals surface area contributed by atoms with E-state index in [0.717, 1.165) is 12.8 Å². The van der Waals surface area contributed by atoms with Gasteiger partial charge in [-0.05, 0) is 31.2 Å². The van der Waals surface area contributed by atoms with E-state index in [0.29, 0.717) is 11.1 Å². The number of hydrogen-bond donors (Lipinski definition) is 3. The molecular weight excluding hydrogens is 448 g/mol. The second-order valence-corrected chi connectivity index (χ2v) is 8.70. The predicted octanol–water partition coefficient (Wildman–Crippen LogP) is 2.57. The number of alkyl halides is 3. The summed E-state index contributed by atoms with van der Waals surface area (Å²) in [4.78, 5) is 37.3. The van der Waals surface area contributed by atoms with E-state index in [2.05, 4.69) is 0 Å². The highest BCUT2D eigenvalue weighted by Gasteiger charge is 2.43. The Labute approximate surface area is 185 Å². The number of hydrogen-bond acceptors (Lipinski definition) is 5. The highest BCUT2D eigenvalue weighted by atomic mass is 19.4. The van der Waals surface area contributed by atoms with E-state index in [1.54, 1.807) is 18.4 Å². The quantitative estimate of drug-likeness (QED) is 0.467. The Morgan fingerprint density at radius 1 is 1.24 bits per heavy atom. The topological polar surface area (TPSA) is 118 Å². The van der Waals surface area contributed by atoms with Gasteiger partial charge < -0.3 is 25.6 Å². The van der Waals surface area contributed by atoms with Crippen molar-refractivity contribution in [1.29, 1.82) is 0 Å². The van der Waals surface area contributed by atoms with Crippen molar-refractivity contribution in [3.8, 4) is 0 Å². The maximum absolute atomic E-state index is 15.5. The molecule has 1 amide bonds. The van der Waals surface area contributed by atoms with Gasteiger partial charge in [0.15, 0.2) is 5.82 Å². The molecule has 2 heterocycles. The molecule has 178 valence electrons. The van der Waals surface area contributed by atoms with Crippen LogP contribution >= 0.6 is 0 Å². The zero-order chi connectivity index (χ0) is 24.4. The molecule has 2 atom stereocenters. The molecule has 12 heteroatoms. The predicted molar refractivity (Wildman–Crippen MR) is 112 cm³/mol. The standard InChI is InChI=1S/C21H22F4N4O4/c1-8-5-28(7-12(8)27-20(33)21(23,24)25)17-9(2)16-13(15(26)14(17)22)18(30)11(19(31)32)6-29(16)10-3-4-10/h6,8,10,12H,3-5,7,26H2,1-2H3,(H,27,33)(H,31,32)/t8-,12+/m1/s1. The van der Waals surface area contributed by atoms with E-state index in [1.165, 1.54) is 11.1 Å². The molecule has 1 aromatic heterocycles. The van der Waals surface area contributed by atoms with Crippen LogP contribution < -0.4 is 21.4 Å². The number of carboxylic acids is 1. The minimum atomic E-state index is -5.04. The van der Waals surface area contributed by atoms with Crippen molar-refractivity contribution in [3.63, 3.8) is 0 Å². The third kappa shape index (κ3) is 3.76. The third-order valence-electron chi connectivity index (χ3n) is 6.33. The van der Waals surface area contributed by atoms with Gasteiger partial charge in [0, 0.05) is 25.3 Å². The lowest BCUT2D eigenvalue weighted by Gasteiger charge is -2.25. The Hall–Kier alpha value is -3.31. The Morgan fingerprint density at radius 3 is 2.42 bits per heavy atom. The van der Waals surface area contributed by atoms with Crippen LogP contribution in [-0.4, -0.2) is 46.9 Å². The fourth-order valence-electron chi connectivity index (χ4n) is 4.54. The summed E-state index contributed by atoms with van der Waals surface area (Å²) in [6.07, 6.45) is -2.31. The van der Waals surface area contributed by atoms with Gasteiger partial charge in [0.2, 0.25) is 5.43 Å². The van der Waals surface area contributed by atoms with Gasteiger partial charge >= 0.3 is 18.1 Å². The maximum Gasteiger partial charge on any atom is 0.471 e. The number of aromatic carboxylic acids is 1. The van der Waals surface area contributed by atoms with Gasteiger partial charge in [0.05, 0.1) is 28.3 Å². The van der Waals surface area contributed by atoms with Crippen LogP contribution in [0.1, 0.15) is 41.7 Å². The molecule has 4 rings (SSSR count). The Bertz CT molecular complexity index is 1240. The van der Waals surface area contributed by atoms with Crippen molar-refractivity contribution < 1.29 is 32.3 Å². The number of carboxylic acid groups (broad SMARTS) is 1. The molecule has 2 fully saturated rings. The van der Waals surface area contributed by atoms with Crippen LogP contribution in [0.2, 0.25) is 0 Å². The highest BCUT2D eigenvalue weighted by Crippen LogP contribution is 2.42. The van der Waals surface area contributed by atoms with E-state index in [1.807, 2.05) is 5.32 Å². The van der Waals surface area contributed by atoms with E-state index in [4.69, 9.17) is 5.73 Å². The molecule has 0 unspecified atom stereocenters. The van der Waals surface area contributed by atoms with Crippen LogP contribution in [0, 0.1) is 18.7 Å². The van der Waals surface area contributed by atoms with Gasteiger partial charge in [0.1, 0.15) is 5.56 Å². The Morgan fingerprint density at radius 2 is 1.88 bits per heavy atom. The maximum atomic E-state index is 15.5. The minimum Gasteiger partial charge on any atom is -0.477 e. The first kappa shape index (κ1) is 22.9. The van der Waals surface area contributed by atoms with Crippen molar-refractivity contribution in [2.45, 2.75) is 44.9 Å². The van der Waals surface area contributed by atoms with E-state index in [9.17, 15) is 32.7 Å². The minimum absolute atomic E-state index is 0.0208. The van der Waals surface area contributed by atoms with Gasteiger partial charge in [-0.3, -0.25) is 9.59 Å². The van der Waals surface area contributed by atoms with E-state index >= 15 is 4.39 Å². The summed E-state index contributed by atoms with van der Waals surface area (Å²) in [6.45, 7) is 3.25. The first-order valence-corrected chi connectivity index (χ1v) is 10.3. The smallest absolute Gasteiger partial charge is 0.471 e. The SMILES string of the molecule is Cc1c(N2C[C@@H](C)[C@@H](NC(=O)C(F)(F)F)C2)c(F)c(N)c2c(=O)c(C(=O)O)cn(C3CC3)c12. The molecule has 0 radical (unpaired) electrons. The van der Waals surface area contributed by atoms with Crippen LogP contribution in [0.25, 0.3) is 10.9 Å². The molecule has 2 aliphatic rings. The summed E-state index contributed by atoms with van der Waals surface area (Å²) in [5, 5.41) is 11.1. The summed E-state index contributed by atoms with van der Waals surface area (Å²) in [7, 11) is 0. The van der Waals surface area contributed by atoms with Crippen LogP contribution in [0.15, 0.2) is 11.0 Å². The molecule has 1 aliphatic carbocycles. The zero-order valence-corrected chi connectivity index (χ0v) is 17.8. The average Bonchev–Trinajstić information content (AvgIpc) is 3.49. The second-order valence-electron chi connectivity index (χ2n) is 8.70. The molecule has 1 saturated heterocycles. The zero-order valence-electron chi connectivity index (χ0n) is 17.8. The van der Waals surface area contributed by atoms with Gasteiger partial charge in [0.25, 0.3) is 0 Å². The van der Waals surface area contributed by atoms with Crippen LogP contribution in [-0.2, 0) is 4.79 Å². The van der Waals surface area contributed by atoms with Crippen molar-refractivity contribution in [2.24, 2.45) is 5.92 Å². The monoisotopic (exact) mass is 470 g/mol. The number of carbonyl (C=O) groups excluding carboxylic acids is 1. The van der Waals surface area contributed by atoms with Crippen LogP contribution in [0.5, 0.6) is 0 Å². The molecule has 33 heavy (non-hydrogen) atoms. The lowest BCUT2D eigenvalue weighted by Crippen LogP contribution is -2.46. The van der Waals surface area contributed by atoms with Crippen LogP contribution in [0.4, 0.5) is 28.9 Å². The fraction of sp³-hybridized carbons (Fsp3) is 0.476. The number of anilines is 2. The lowest BCUT2D eigenvalue weighted by molar-refractivity contribution is -0.174. The number of amides is 1. The average molecular weight is 470 g/mol. The molecule has 8 nitrogen and oxygen atoms in total. The first-order valence-electron chi connectivity index (χ1n) is 10.3. The number of nitrogens with zero attached hydrogens (tertiary/aromatic N) is 2. The third-order valence-corrected chi connectivity index (χ3v) is 6.33. The summed E-state index contributed by atoms with van der Waals surface area (Å²) in [5.41, 5.74) is 4.72. The highest BCUT2D eigenvalue weighted by molar-refractivity contribution is 6.01. The van der Waals surface area contributed by atoms with E-state index in [-0.39, 0.29) is 30.2 Å². The number of nitrogen functional groups attached to an aromatic ring is 1. The fourth-order valence-corrected chi connectivity index (χ4v) is 4.54. The van der Waals surface area contributed by atoms with Crippen molar-refractivity contribution in [2.75, 3.05) is 23.7 Å². The molecule has 0 spiro atoms. The summed E-state index contributed by atoms with van der Waals surface area (Å²) in [5.74, 6) is -4.89. The number of nitrogens with two attached hydrogens (primary N) is 1. The second kappa shape index (κ2) is 7.63. The number of halogens is 4. The van der Waals surface area contributed by atoms with Gasteiger partial charge in [-0.15, -0.1) is 0 Å². The van der Waals surface area contributed by atoms with Gasteiger partial charge in [-0.25, -0.2) is 9.18 Å². The number of pyridine rings is 1. The molecule has 0 bridgehead atoms. The molecule has 4 N–H and O–H groups in total. The number of aryl methyl sites for hydroxylation is 1. The largest absolute Gasteiger partial charge is 0.477 e. The molecule has 1 aromatic carbocycles.